The molecule has 1 aliphatic heterocycles. The average Bonchev–Trinajstić information content (AvgIpc) is 3.26. The SMILES string of the molecule is Cc1cc(CCN2CC(Cn3nc(C4CC4)ccc3=O)C2)on1. The lowest BCUT2D eigenvalue weighted by atomic mass is 10.00. The molecule has 1 saturated carbocycles. The average molecular weight is 314 g/mol. The van der Waals surface area contributed by atoms with Crippen molar-refractivity contribution >= 4 is 0 Å². The Bertz CT molecular complexity index is 741. The van der Waals surface area contributed by atoms with Crippen molar-refractivity contribution in [2.24, 2.45) is 5.92 Å². The summed E-state index contributed by atoms with van der Waals surface area (Å²) in [6.45, 7) is 5.70. The molecule has 2 aromatic heterocycles. The van der Waals surface area contributed by atoms with Crippen LogP contribution in [0, 0.1) is 12.8 Å². The Morgan fingerprint density at radius 3 is 2.83 bits per heavy atom. The van der Waals surface area contributed by atoms with Crippen LogP contribution in [0.3, 0.4) is 0 Å². The number of likely N-dealkylation sites (tertiary alicyclic amines) is 1. The van der Waals surface area contributed by atoms with Gasteiger partial charge in [0.25, 0.3) is 5.56 Å². The summed E-state index contributed by atoms with van der Waals surface area (Å²) in [5, 5.41) is 8.45. The van der Waals surface area contributed by atoms with E-state index < -0.39 is 0 Å². The third kappa shape index (κ3) is 3.37. The van der Waals surface area contributed by atoms with Gasteiger partial charge in [-0.25, -0.2) is 4.68 Å². The molecule has 6 heteroatoms. The Labute approximate surface area is 135 Å². The fraction of sp³-hybridized carbons (Fsp3) is 0.588. The second-order valence-corrected chi connectivity index (χ2v) is 6.86. The lowest BCUT2D eigenvalue weighted by Gasteiger charge is -2.39. The first-order valence-corrected chi connectivity index (χ1v) is 8.40. The molecule has 23 heavy (non-hydrogen) atoms. The van der Waals surface area contributed by atoms with Gasteiger partial charge >= 0.3 is 0 Å². The van der Waals surface area contributed by atoms with Gasteiger partial charge in [0.1, 0.15) is 5.76 Å². The van der Waals surface area contributed by atoms with Gasteiger partial charge in [-0.05, 0) is 25.8 Å². The van der Waals surface area contributed by atoms with Gasteiger partial charge in [0, 0.05) is 50.0 Å². The lowest BCUT2D eigenvalue weighted by molar-refractivity contribution is 0.0834. The van der Waals surface area contributed by atoms with E-state index in [0.717, 1.165) is 49.7 Å². The van der Waals surface area contributed by atoms with Gasteiger partial charge in [-0.1, -0.05) is 5.16 Å². The van der Waals surface area contributed by atoms with Gasteiger partial charge in [-0.2, -0.15) is 5.10 Å². The molecular weight excluding hydrogens is 292 g/mol. The summed E-state index contributed by atoms with van der Waals surface area (Å²) >= 11 is 0. The zero-order valence-corrected chi connectivity index (χ0v) is 13.4. The van der Waals surface area contributed by atoms with Crippen molar-refractivity contribution in [3.63, 3.8) is 0 Å². The maximum absolute atomic E-state index is 12.0. The van der Waals surface area contributed by atoms with Crippen LogP contribution in [0.2, 0.25) is 0 Å². The molecule has 2 fully saturated rings. The second-order valence-electron chi connectivity index (χ2n) is 6.86. The first-order valence-electron chi connectivity index (χ1n) is 8.40. The van der Waals surface area contributed by atoms with E-state index in [1.165, 1.54) is 12.8 Å². The summed E-state index contributed by atoms with van der Waals surface area (Å²) in [6.07, 6.45) is 3.32. The van der Waals surface area contributed by atoms with Crippen molar-refractivity contribution < 1.29 is 4.52 Å². The Morgan fingerprint density at radius 1 is 1.30 bits per heavy atom. The van der Waals surface area contributed by atoms with Gasteiger partial charge in [-0.15, -0.1) is 0 Å². The summed E-state index contributed by atoms with van der Waals surface area (Å²) in [4.78, 5) is 14.3. The van der Waals surface area contributed by atoms with Crippen LogP contribution in [0.25, 0.3) is 0 Å². The Hall–Kier alpha value is -1.95. The van der Waals surface area contributed by atoms with Crippen molar-refractivity contribution in [2.45, 2.75) is 38.6 Å². The Balaban J connectivity index is 1.27. The largest absolute Gasteiger partial charge is 0.361 e. The Morgan fingerprint density at radius 2 is 2.13 bits per heavy atom. The minimum absolute atomic E-state index is 0.0185. The molecule has 3 heterocycles. The number of aromatic nitrogens is 3. The number of nitrogens with zero attached hydrogens (tertiary/aromatic N) is 4. The smallest absolute Gasteiger partial charge is 0.266 e. The van der Waals surface area contributed by atoms with E-state index in [0.29, 0.717) is 11.8 Å². The Kier molecular flexibility index (Phi) is 3.77. The molecule has 0 unspecified atom stereocenters. The highest BCUT2D eigenvalue weighted by Gasteiger charge is 2.29. The fourth-order valence-corrected chi connectivity index (χ4v) is 3.21. The van der Waals surface area contributed by atoms with Gasteiger partial charge in [0.15, 0.2) is 0 Å². The predicted octanol–water partition coefficient (Wildman–Crippen LogP) is 1.59. The van der Waals surface area contributed by atoms with E-state index in [-0.39, 0.29) is 5.56 Å². The normalized spacial score (nSPS) is 19.0. The van der Waals surface area contributed by atoms with Crippen molar-refractivity contribution in [3.05, 3.63) is 45.7 Å². The summed E-state index contributed by atoms with van der Waals surface area (Å²) in [5.41, 5.74) is 2.04. The quantitative estimate of drug-likeness (QED) is 0.810. The van der Waals surface area contributed by atoms with Crippen molar-refractivity contribution in [1.82, 2.24) is 19.8 Å². The molecule has 0 N–H and O–H groups in total. The first-order chi connectivity index (χ1) is 11.2. The first kappa shape index (κ1) is 14.6. The minimum Gasteiger partial charge on any atom is -0.361 e. The minimum atomic E-state index is 0.0185. The maximum Gasteiger partial charge on any atom is 0.266 e. The van der Waals surface area contributed by atoms with Crippen LogP contribution < -0.4 is 5.56 Å². The van der Waals surface area contributed by atoms with Gasteiger partial charge in [0.05, 0.1) is 17.9 Å². The molecular formula is C17H22N4O2. The van der Waals surface area contributed by atoms with Crippen molar-refractivity contribution in [3.8, 4) is 0 Å². The molecule has 0 radical (unpaired) electrons. The number of hydrogen-bond acceptors (Lipinski definition) is 5. The molecule has 1 aliphatic carbocycles. The van der Waals surface area contributed by atoms with E-state index >= 15 is 0 Å². The van der Waals surface area contributed by atoms with Crippen LogP contribution >= 0.6 is 0 Å². The summed E-state index contributed by atoms with van der Waals surface area (Å²) < 4.78 is 6.89. The number of aryl methyl sites for hydroxylation is 1. The van der Waals surface area contributed by atoms with Gasteiger partial charge in [-0.3, -0.25) is 4.79 Å². The summed E-state index contributed by atoms with van der Waals surface area (Å²) in [5.74, 6) is 2.05. The van der Waals surface area contributed by atoms with Crippen LogP contribution in [-0.4, -0.2) is 39.5 Å². The fourth-order valence-electron chi connectivity index (χ4n) is 3.21. The summed E-state index contributed by atoms with van der Waals surface area (Å²) in [7, 11) is 0. The number of hydrogen-bond donors (Lipinski definition) is 0. The van der Waals surface area contributed by atoms with Crippen LogP contribution in [0.5, 0.6) is 0 Å². The molecule has 0 aromatic carbocycles. The van der Waals surface area contributed by atoms with E-state index in [1.54, 1.807) is 10.7 Å². The molecule has 2 aliphatic rings. The van der Waals surface area contributed by atoms with E-state index in [1.807, 2.05) is 19.1 Å². The highest BCUT2D eigenvalue weighted by atomic mass is 16.5. The van der Waals surface area contributed by atoms with Crippen LogP contribution in [0.4, 0.5) is 0 Å². The molecule has 0 bridgehead atoms. The standard InChI is InChI=1S/C17H22N4O2/c1-12-8-15(23-19-12)6-7-20-9-13(10-20)11-21-17(22)5-4-16(18-21)14-2-3-14/h4-5,8,13-14H,2-3,6-7,9-11H2,1H3. The molecule has 0 amide bonds. The molecule has 1 saturated heterocycles. The maximum atomic E-state index is 12.0. The lowest BCUT2D eigenvalue weighted by Crippen LogP contribution is -2.50. The molecule has 122 valence electrons. The highest BCUT2D eigenvalue weighted by molar-refractivity contribution is 5.12. The zero-order chi connectivity index (χ0) is 15.8. The molecule has 4 rings (SSSR count). The van der Waals surface area contributed by atoms with Crippen LogP contribution in [0.1, 0.15) is 35.9 Å². The number of rotatable bonds is 6. The monoisotopic (exact) mass is 314 g/mol. The van der Waals surface area contributed by atoms with Crippen molar-refractivity contribution in [2.75, 3.05) is 19.6 Å². The van der Waals surface area contributed by atoms with Crippen LogP contribution in [-0.2, 0) is 13.0 Å². The van der Waals surface area contributed by atoms with Crippen LogP contribution in [0.15, 0.2) is 27.5 Å². The third-order valence-electron chi connectivity index (χ3n) is 4.70. The predicted molar refractivity (Wildman–Crippen MR) is 85.3 cm³/mol. The highest BCUT2D eigenvalue weighted by Crippen LogP contribution is 2.38. The van der Waals surface area contributed by atoms with E-state index in [4.69, 9.17) is 4.52 Å². The zero-order valence-electron chi connectivity index (χ0n) is 13.4. The molecule has 6 nitrogen and oxygen atoms in total. The van der Waals surface area contributed by atoms with Crippen molar-refractivity contribution in [1.29, 1.82) is 0 Å². The topological polar surface area (TPSA) is 64.2 Å². The van der Waals surface area contributed by atoms with E-state index in [9.17, 15) is 4.79 Å². The van der Waals surface area contributed by atoms with E-state index in [2.05, 4.69) is 15.2 Å². The van der Waals surface area contributed by atoms with Gasteiger partial charge in [0.2, 0.25) is 0 Å². The molecule has 2 aromatic rings. The van der Waals surface area contributed by atoms with Gasteiger partial charge < -0.3 is 9.42 Å². The third-order valence-corrected chi connectivity index (χ3v) is 4.70. The molecule has 0 spiro atoms. The second kappa shape index (κ2) is 5.92. The molecule has 0 atom stereocenters. The summed E-state index contributed by atoms with van der Waals surface area (Å²) in [6, 6.07) is 5.55.